The van der Waals surface area contributed by atoms with Crippen molar-refractivity contribution in [2.75, 3.05) is 0 Å². The maximum absolute atomic E-state index is 12.1. The summed E-state index contributed by atoms with van der Waals surface area (Å²) in [5.74, 6) is 0.372. The van der Waals surface area contributed by atoms with Crippen LogP contribution in [-0.4, -0.2) is 5.78 Å². The predicted molar refractivity (Wildman–Crippen MR) is 64.7 cm³/mol. The molecule has 1 fully saturated rings. The summed E-state index contributed by atoms with van der Waals surface area (Å²) in [6.45, 7) is 12.2. The summed E-state index contributed by atoms with van der Waals surface area (Å²) in [5, 5.41) is 0. The van der Waals surface area contributed by atoms with Crippen LogP contribution in [0, 0.1) is 10.8 Å². The predicted octanol–water partition coefficient (Wildman–Crippen LogP) is 3.90. The number of ketones is 1. The Balaban J connectivity index is 3.04. The largest absolute Gasteiger partial charge is 0.299 e. The molecule has 15 heavy (non-hydrogen) atoms. The van der Waals surface area contributed by atoms with Crippen molar-refractivity contribution in [2.24, 2.45) is 10.8 Å². The van der Waals surface area contributed by atoms with E-state index in [1.54, 1.807) is 0 Å². The summed E-state index contributed by atoms with van der Waals surface area (Å²) in [6, 6.07) is 0. The normalized spacial score (nSPS) is 30.8. The van der Waals surface area contributed by atoms with Gasteiger partial charge in [0.25, 0.3) is 0 Å². The van der Waals surface area contributed by atoms with Crippen molar-refractivity contribution in [1.29, 1.82) is 0 Å². The molecule has 1 aliphatic rings. The molecule has 1 rings (SSSR count). The molecule has 0 aromatic carbocycles. The third-order valence-electron chi connectivity index (χ3n) is 3.89. The summed E-state index contributed by atoms with van der Waals surface area (Å²) in [4.78, 5) is 12.1. The van der Waals surface area contributed by atoms with E-state index >= 15 is 0 Å². The van der Waals surface area contributed by atoms with Crippen molar-refractivity contribution in [2.45, 2.75) is 47.0 Å². The molecule has 1 atom stereocenters. The van der Waals surface area contributed by atoms with Gasteiger partial charge in [-0.1, -0.05) is 38.2 Å². The molecule has 0 aromatic rings. The molecule has 0 aromatic heterocycles. The zero-order valence-corrected chi connectivity index (χ0v) is 10.4. The van der Waals surface area contributed by atoms with Gasteiger partial charge in [-0.25, -0.2) is 0 Å². The first-order chi connectivity index (χ1) is 6.79. The third-order valence-corrected chi connectivity index (χ3v) is 3.89. The molecule has 0 amide bonds. The zero-order valence-electron chi connectivity index (χ0n) is 10.4. The van der Waals surface area contributed by atoms with Crippen molar-refractivity contribution in [3.05, 3.63) is 24.3 Å². The van der Waals surface area contributed by atoms with Crippen LogP contribution in [0.1, 0.15) is 47.0 Å². The lowest BCUT2D eigenvalue weighted by Crippen LogP contribution is -2.43. The minimum absolute atomic E-state index is 0.0638. The molecule has 0 heterocycles. The van der Waals surface area contributed by atoms with Crippen LogP contribution in [0.2, 0.25) is 0 Å². The van der Waals surface area contributed by atoms with Crippen LogP contribution in [0.3, 0.4) is 0 Å². The minimum atomic E-state index is -0.315. The fourth-order valence-electron chi connectivity index (χ4n) is 2.22. The maximum Gasteiger partial charge on any atom is 0.143 e. The molecular weight excluding hydrogens is 184 g/mol. The van der Waals surface area contributed by atoms with Crippen LogP contribution < -0.4 is 0 Å². The van der Waals surface area contributed by atoms with Crippen LogP contribution in [-0.2, 0) is 4.79 Å². The summed E-state index contributed by atoms with van der Waals surface area (Å²) < 4.78 is 0. The molecular formula is C14H22O. The minimum Gasteiger partial charge on any atom is -0.299 e. The Kier molecular flexibility index (Phi) is 3.22. The van der Waals surface area contributed by atoms with E-state index in [1.807, 2.05) is 13.0 Å². The Bertz CT molecular complexity index is 309. The third kappa shape index (κ3) is 2.22. The highest BCUT2D eigenvalue weighted by atomic mass is 16.1. The number of hydrogen-bond donors (Lipinski definition) is 0. The summed E-state index contributed by atoms with van der Waals surface area (Å²) in [5.41, 5.74) is 0.753. The molecule has 0 saturated heterocycles. The molecule has 84 valence electrons. The van der Waals surface area contributed by atoms with E-state index in [9.17, 15) is 4.79 Å². The van der Waals surface area contributed by atoms with Gasteiger partial charge in [0.05, 0.1) is 0 Å². The zero-order chi connectivity index (χ0) is 11.7. The highest BCUT2D eigenvalue weighted by Crippen LogP contribution is 2.49. The van der Waals surface area contributed by atoms with Gasteiger partial charge in [-0.3, -0.25) is 4.79 Å². The quantitative estimate of drug-likeness (QED) is 0.626. The Hall–Kier alpha value is -0.850. The van der Waals surface area contributed by atoms with E-state index < -0.39 is 0 Å². The van der Waals surface area contributed by atoms with Gasteiger partial charge in [0, 0.05) is 11.8 Å². The van der Waals surface area contributed by atoms with E-state index in [-0.39, 0.29) is 10.8 Å². The number of Topliss-reactive ketones (excluding diaryl/α,β-unsaturated/α-hetero) is 1. The van der Waals surface area contributed by atoms with E-state index in [4.69, 9.17) is 0 Å². The SMILES string of the molecule is C=C(C)C=CC1(C)C(=O)CCCC1(C)C. The second-order valence-electron chi connectivity index (χ2n) is 5.54. The van der Waals surface area contributed by atoms with Gasteiger partial charge in [-0.2, -0.15) is 0 Å². The fraction of sp³-hybridized carbons (Fsp3) is 0.643. The average Bonchev–Trinajstić information content (AvgIpc) is 2.11. The van der Waals surface area contributed by atoms with Gasteiger partial charge < -0.3 is 0 Å². The highest BCUT2D eigenvalue weighted by Gasteiger charge is 2.46. The lowest BCUT2D eigenvalue weighted by molar-refractivity contribution is -0.134. The van der Waals surface area contributed by atoms with Gasteiger partial charge in [0.15, 0.2) is 0 Å². The maximum atomic E-state index is 12.1. The van der Waals surface area contributed by atoms with Crippen LogP contribution in [0.15, 0.2) is 24.3 Å². The molecule has 1 saturated carbocycles. The molecule has 0 N–H and O–H groups in total. The van der Waals surface area contributed by atoms with Crippen molar-refractivity contribution < 1.29 is 4.79 Å². The molecule has 1 nitrogen and oxygen atoms in total. The molecule has 1 aliphatic carbocycles. The van der Waals surface area contributed by atoms with E-state index in [2.05, 4.69) is 33.4 Å². The molecule has 0 bridgehead atoms. The van der Waals surface area contributed by atoms with Crippen molar-refractivity contribution in [1.82, 2.24) is 0 Å². The van der Waals surface area contributed by atoms with Gasteiger partial charge in [0.2, 0.25) is 0 Å². The van der Waals surface area contributed by atoms with Crippen molar-refractivity contribution >= 4 is 5.78 Å². The smallest absolute Gasteiger partial charge is 0.143 e. The first-order valence-electron chi connectivity index (χ1n) is 5.68. The molecule has 0 spiro atoms. The van der Waals surface area contributed by atoms with Crippen LogP contribution in [0.5, 0.6) is 0 Å². The lowest BCUT2D eigenvalue weighted by atomic mass is 9.58. The molecule has 0 aliphatic heterocycles. The Labute approximate surface area is 93.3 Å². The number of rotatable bonds is 2. The number of carbonyl (C=O) groups is 1. The van der Waals surface area contributed by atoms with Gasteiger partial charge in [-0.05, 0) is 32.1 Å². The number of carbonyl (C=O) groups excluding carboxylic acids is 1. The standard InChI is InChI=1S/C14H22O/c1-11(2)8-10-14(5)12(15)7-6-9-13(14,3)4/h8,10H,1,6-7,9H2,2-5H3. The summed E-state index contributed by atoms with van der Waals surface area (Å²) in [6.07, 6.45) is 6.90. The Morgan fingerprint density at radius 3 is 2.47 bits per heavy atom. The van der Waals surface area contributed by atoms with E-state index in [0.717, 1.165) is 24.8 Å². The first-order valence-corrected chi connectivity index (χ1v) is 5.68. The fourth-order valence-corrected chi connectivity index (χ4v) is 2.22. The second kappa shape index (κ2) is 3.96. The van der Waals surface area contributed by atoms with Gasteiger partial charge in [0.1, 0.15) is 5.78 Å². The van der Waals surface area contributed by atoms with E-state index in [0.29, 0.717) is 5.78 Å². The average molecular weight is 206 g/mol. The highest BCUT2D eigenvalue weighted by molar-refractivity contribution is 5.88. The summed E-state index contributed by atoms with van der Waals surface area (Å²) >= 11 is 0. The molecule has 1 heteroatoms. The van der Waals surface area contributed by atoms with E-state index in [1.165, 1.54) is 0 Å². The second-order valence-corrected chi connectivity index (χ2v) is 5.54. The Morgan fingerprint density at radius 1 is 1.40 bits per heavy atom. The number of allylic oxidation sites excluding steroid dienone is 3. The first kappa shape index (κ1) is 12.2. The monoisotopic (exact) mass is 206 g/mol. The van der Waals surface area contributed by atoms with Gasteiger partial charge >= 0.3 is 0 Å². The molecule has 1 unspecified atom stereocenters. The van der Waals surface area contributed by atoms with Crippen LogP contribution in [0.25, 0.3) is 0 Å². The van der Waals surface area contributed by atoms with Crippen LogP contribution >= 0.6 is 0 Å². The lowest BCUT2D eigenvalue weighted by Gasteiger charge is -2.45. The van der Waals surface area contributed by atoms with Crippen LogP contribution in [0.4, 0.5) is 0 Å². The van der Waals surface area contributed by atoms with Crippen molar-refractivity contribution in [3.63, 3.8) is 0 Å². The Morgan fingerprint density at radius 2 is 2.00 bits per heavy atom. The molecule has 0 radical (unpaired) electrons. The van der Waals surface area contributed by atoms with Crippen molar-refractivity contribution in [3.8, 4) is 0 Å². The van der Waals surface area contributed by atoms with Gasteiger partial charge in [-0.15, -0.1) is 0 Å². The number of hydrogen-bond acceptors (Lipinski definition) is 1. The summed E-state index contributed by atoms with van der Waals surface area (Å²) in [7, 11) is 0. The topological polar surface area (TPSA) is 17.1 Å².